The molecule has 0 fully saturated rings. The molecule has 0 aliphatic rings. The van der Waals surface area contributed by atoms with Crippen LogP contribution in [0.15, 0.2) is 60.8 Å². The predicted molar refractivity (Wildman–Crippen MR) is 111 cm³/mol. The molecule has 29 heavy (non-hydrogen) atoms. The van der Waals surface area contributed by atoms with Crippen molar-refractivity contribution in [1.82, 2.24) is 15.1 Å². The molecule has 3 aromatic rings. The van der Waals surface area contributed by atoms with E-state index in [0.717, 1.165) is 16.9 Å². The minimum atomic E-state index is -0.437. The lowest BCUT2D eigenvalue weighted by molar-refractivity contribution is -0.384. The van der Waals surface area contributed by atoms with E-state index in [4.69, 9.17) is 0 Å². The fourth-order valence-electron chi connectivity index (χ4n) is 3.05. The summed E-state index contributed by atoms with van der Waals surface area (Å²) in [5.74, 6) is -0.160. The third-order valence-corrected chi connectivity index (χ3v) is 4.52. The first-order valence-corrected chi connectivity index (χ1v) is 9.43. The van der Waals surface area contributed by atoms with Gasteiger partial charge in [0.2, 0.25) is 0 Å². The van der Waals surface area contributed by atoms with Gasteiger partial charge < -0.3 is 10.6 Å². The van der Waals surface area contributed by atoms with Gasteiger partial charge in [0.1, 0.15) is 0 Å². The van der Waals surface area contributed by atoms with Gasteiger partial charge in [-0.1, -0.05) is 37.3 Å². The second kappa shape index (κ2) is 9.50. The van der Waals surface area contributed by atoms with Crippen molar-refractivity contribution in [2.45, 2.75) is 19.9 Å². The van der Waals surface area contributed by atoms with Crippen LogP contribution in [0.3, 0.4) is 0 Å². The van der Waals surface area contributed by atoms with E-state index in [2.05, 4.69) is 15.7 Å². The number of nitrogens with one attached hydrogen (secondary N) is 2. The van der Waals surface area contributed by atoms with E-state index in [1.807, 2.05) is 41.9 Å². The Morgan fingerprint density at radius 1 is 1.10 bits per heavy atom. The molecule has 150 valence electrons. The lowest BCUT2D eigenvalue weighted by Crippen LogP contribution is -2.29. The highest BCUT2D eigenvalue weighted by Crippen LogP contribution is 2.15. The van der Waals surface area contributed by atoms with Gasteiger partial charge in [-0.25, -0.2) is 0 Å². The topological polar surface area (TPSA) is 102 Å². The minimum absolute atomic E-state index is 0.0449. The summed E-state index contributed by atoms with van der Waals surface area (Å²) in [6.07, 6.45) is 2.32. The predicted octanol–water partition coefficient (Wildman–Crippen LogP) is 3.24. The number of hydrogen-bond donors (Lipinski definition) is 2. The van der Waals surface area contributed by atoms with Gasteiger partial charge in [0, 0.05) is 30.9 Å². The molecule has 0 aliphatic carbocycles. The highest BCUT2D eigenvalue weighted by molar-refractivity contribution is 5.95. The molecular formula is C21H23N5O3. The summed E-state index contributed by atoms with van der Waals surface area (Å²) in [4.78, 5) is 22.8. The molecule has 0 saturated heterocycles. The molecule has 1 aromatic heterocycles. The summed E-state index contributed by atoms with van der Waals surface area (Å²) in [5, 5.41) is 21.1. The second-order valence-corrected chi connectivity index (χ2v) is 6.49. The number of nitro groups is 1. The first-order chi connectivity index (χ1) is 14.1. The Balaban J connectivity index is 1.53. The zero-order valence-corrected chi connectivity index (χ0v) is 16.2. The summed E-state index contributed by atoms with van der Waals surface area (Å²) in [7, 11) is 0. The van der Waals surface area contributed by atoms with Gasteiger partial charge in [0.15, 0.2) is 0 Å². The molecule has 1 amide bonds. The summed E-state index contributed by atoms with van der Waals surface area (Å²) in [6, 6.07) is 16.2. The molecule has 0 bridgehead atoms. The summed E-state index contributed by atoms with van der Waals surface area (Å²) < 4.78 is 1.86. The molecule has 0 radical (unpaired) electrons. The molecule has 0 aliphatic heterocycles. The number of aromatic nitrogens is 2. The lowest BCUT2D eigenvalue weighted by atomic mass is 10.1. The van der Waals surface area contributed by atoms with Crippen molar-refractivity contribution < 1.29 is 9.72 Å². The molecule has 2 N–H and O–H groups in total. The van der Waals surface area contributed by atoms with Gasteiger partial charge in [0.05, 0.1) is 28.9 Å². The van der Waals surface area contributed by atoms with Gasteiger partial charge in [-0.3, -0.25) is 19.6 Å². The van der Waals surface area contributed by atoms with Crippen molar-refractivity contribution in [2.24, 2.45) is 0 Å². The van der Waals surface area contributed by atoms with Crippen LogP contribution in [-0.2, 0) is 13.0 Å². The smallest absolute Gasteiger partial charge is 0.269 e. The van der Waals surface area contributed by atoms with E-state index in [1.54, 1.807) is 18.3 Å². The summed E-state index contributed by atoms with van der Waals surface area (Å²) in [6.45, 7) is 3.55. The van der Waals surface area contributed by atoms with Crippen LogP contribution in [0.5, 0.6) is 0 Å². The SMILES string of the molecule is CCc1c(C(=O)NCCNc2ccc([N+](=O)[O-])cc2)cnn1Cc1ccccc1. The Morgan fingerprint density at radius 3 is 2.48 bits per heavy atom. The molecule has 0 spiro atoms. The summed E-state index contributed by atoms with van der Waals surface area (Å²) in [5.41, 5.74) is 3.41. The molecule has 3 rings (SSSR count). The van der Waals surface area contributed by atoms with Crippen LogP contribution in [0.25, 0.3) is 0 Å². The Bertz CT molecular complexity index is 968. The van der Waals surface area contributed by atoms with Gasteiger partial charge in [-0.2, -0.15) is 5.10 Å². The fourth-order valence-corrected chi connectivity index (χ4v) is 3.05. The third-order valence-electron chi connectivity index (χ3n) is 4.52. The zero-order valence-electron chi connectivity index (χ0n) is 16.2. The molecule has 0 unspecified atom stereocenters. The van der Waals surface area contributed by atoms with Crippen LogP contribution >= 0.6 is 0 Å². The molecule has 8 nitrogen and oxygen atoms in total. The maximum Gasteiger partial charge on any atom is 0.269 e. The van der Waals surface area contributed by atoms with Gasteiger partial charge in [-0.05, 0) is 24.1 Å². The average molecular weight is 393 g/mol. The Kier molecular flexibility index (Phi) is 6.57. The summed E-state index contributed by atoms with van der Waals surface area (Å²) >= 11 is 0. The zero-order chi connectivity index (χ0) is 20.6. The van der Waals surface area contributed by atoms with Gasteiger partial charge in [0.25, 0.3) is 11.6 Å². The van der Waals surface area contributed by atoms with Crippen molar-refractivity contribution in [3.63, 3.8) is 0 Å². The van der Waals surface area contributed by atoms with E-state index < -0.39 is 4.92 Å². The Hall–Kier alpha value is -3.68. The largest absolute Gasteiger partial charge is 0.383 e. The molecule has 0 saturated carbocycles. The quantitative estimate of drug-likeness (QED) is 0.330. The van der Waals surface area contributed by atoms with Crippen molar-refractivity contribution in [3.8, 4) is 0 Å². The lowest BCUT2D eigenvalue weighted by Gasteiger charge is -2.10. The number of carbonyl (C=O) groups excluding carboxylic acids is 1. The van der Waals surface area contributed by atoms with Gasteiger partial charge in [-0.15, -0.1) is 0 Å². The maximum atomic E-state index is 12.6. The molecule has 2 aromatic carbocycles. The second-order valence-electron chi connectivity index (χ2n) is 6.49. The maximum absolute atomic E-state index is 12.6. The van der Waals surface area contributed by atoms with Crippen molar-refractivity contribution in [2.75, 3.05) is 18.4 Å². The first kappa shape index (κ1) is 20.1. The molecule has 1 heterocycles. The van der Waals surface area contributed by atoms with Crippen molar-refractivity contribution in [3.05, 3.63) is 87.7 Å². The van der Waals surface area contributed by atoms with Crippen LogP contribution in [0.2, 0.25) is 0 Å². The van der Waals surface area contributed by atoms with Crippen LogP contribution < -0.4 is 10.6 Å². The monoisotopic (exact) mass is 393 g/mol. The normalized spacial score (nSPS) is 10.5. The van der Waals surface area contributed by atoms with E-state index >= 15 is 0 Å². The van der Waals surface area contributed by atoms with E-state index in [0.29, 0.717) is 31.6 Å². The highest BCUT2D eigenvalue weighted by Gasteiger charge is 2.16. The van der Waals surface area contributed by atoms with Crippen LogP contribution in [0.4, 0.5) is 11.4 Å². The Morgan fingerprint density at radius 2 is 1.83 bits per heavy atom. The standard InChI is InChI=1S/C21H23N5O3/c1-2-20-19(14-24-25(20)15-16-6-4-3-5-7-16)21(27)23-13-12-22-17-8-10-18(11-9-17)26(28)29/h3-11,14,22H,2,12-13,15H2,1H3,(H,23,27). The molecule has 0 atom stereocenters. The number of rotatable bonds is 9. The minimum Gasteiger partial charge on any atom is -0.383 e. The third kappa shape index (κ3) is 5.19. The Labute approximate surface area is 168 Å². The number of nitrogens with zero attached hydrogens (tertiary/aromatic N) is 3. The van der Waals surface area contributed by atoms with Gasteiger partial charge >= 0.3 is 0 Å². The number of benzene rings is 2. The number of carbonyl (C=O) groups is 1. The molecule has 8 heteroatoms. The van der Waals surface area contributed by atoms with E-state index in [9.17, 15) is 14.9 Å². The number of nitro benzene ring substituents is 1. The van der Waals surface area contributed by atoms with E-state index in [1.165, 1.54) is 12.1 Å². The van der Waals surface area contributed by atoms with E-state index in [-0.39, 0.29) is 11.6 Å². The van der Waals surface area contributed by atoms with Crippen molar-refractivity contribution >= 4 is 17.3 Å². The van der Waals surface area contributed by atoms with Crippen LogP contribution in [0, 0.1) is 10.1 Å². The number of amides is 1. The average Bonchev–Trinajstić information content (AvgIpc) is 3.14. The number of non-ortho nitro benzene ring substituents is 1. The first-order valence-electron chi connectivity index (χ1n) is 9.43. The highest BCUT2D eigenvalue weighted by atomic mass is 16.6. The number of hydrogen-bond acceptors (Lipinski definition) is 5. The van der Waals surface area contributed by atoms with Crippen LogP contribution in [0.1, 0.15) is 28.5 Å². The fraction of sp³-hybridized carbons (Fsp3) is 0.238. The van der Waals surface area contributed by atoms with Crippen LogP contribution in [-0.4, -0.2) is 33.7 Å². The number of anilines is 1. The van der Waals surface area contributed by atoms with Crippen molar-refractivity contribution in [1.29, 1.82) is 0 Å². The molecular weight excluding hydrogens is 370 g/mol.